The lowest BCUT2D eigenvalue weighted by molar-refractivity contribution is -0.143. The Bertz CT molecular complexity index is 711. The van der Waals surface area contributed by atoms with E-state index in [9.17, 15) is 14.4 Å². The lowest BCUT2D eigenvalue weighted by Crippen LogP contribution is -2.48. The monoisotopic (exact) mass is 377 g/mol. The van der Waals surface area contributed by atoms with E-state index in [0.29, 0.717) is 5.02 Å². The van der Waals surface area contributed by atoms with Crippen LogP contribution in [0.5, 0.6) is 0 Å². The Morgan fingerprint density at radius 3 is 2.19 bits per heavy atom. The Hall–Kier alpha value is -1.92. The summed E-state index contributed by atoms with van der Waals surface area (Å²) in [6, 6.07) is 7.11. The summed E-state index contributed by atoms with van der Waals surface area (Å²) in [7, 11) is 0. The van der Waals surface area contributed by atoms with E-state index in [4.69, 9.17) is 11.6 Å². The van der Waals surface area contributed by atoms with Crippen molar-refractivity contribution >= 4 is 29.4 Å². The number of urea groups is 1. The number of amides is 4. The van der Waals surface area contributed by atoms with Crippen LogP contribution in [0.2, 0.25) is 5.02 Å². The molecule has 1 saturated carbocycles. The Morgan fingerprint density at radius 1 is 1.04 bits per heavy atom. The van der Waals surface area contributed by atoms with Crippen LogP contribution in [0.25, 0.3) is 0 Å². The van der Waals surface area contributed by atoms with Gasteiger partial charge in [-0.15, -0.1) is 0 Å². The number of nitrogens with zero attached hydrogens (tertiary/aromatic N) is 2. The average Bonchev–Trinajstić information content (AvgIpc) is 3.15. The van der Waals surface area contributed by atoms with Crippen LogP contribution in [-0.2, 0) is 15.1 Å². The molecule has 1 N–H and O–H groups in total. The molecule has 2 aliphatic rings. The van der Waals surface area contributed by atoms with Gasteiger partial charge in [-0.3, -0.25) is 19.8 Å². The average molecular weight is 378 g/mol. The highest BCUT2D eigenvalue weighted by atomic mass is 35.5. The number of nitrogens with one attached hydrogen (secondary N) is 1. The van der Waals surface area contributed by atoms with Gasteiger partial charge in [-0.1, -0.05) is 50.4 Å². The lowest BCUT2D eigenvalue weighted by atomic mass is 9.88. The number of imide groups is 2. The lowest BCUT2D eigenvalue weighted by Gasteiger charge is -2.32. The molecule has 3 rings (SSSR count). The highest BCUT2D eigenvalue weighted by Gasteiger charge is 2.45. The van der Waals surface area contributed by atoms with Crippen LogP contribution in [0.4, 0.5) is 4.79 Å². The Balaban J connectivity index is 1.75. The van der Waals surface area contributed by atoms with Crippen LogP contribution >= 0.6 is 11.6 Å². The maximum absolute atomic E-state index is 12.5. The molecule has 1 aromatic rings. The molecule has 1 aromatic carbocycles. The van der Waals surface area contributed by atoms with E-state index in [1.165, 1.54) is 0 Å². The maximum atomic E-state index is 12.5. The van der Waals surface area contributed by atoms with Crippen LogP contribution in [0.3, 0.4) is 0 Å². The van der Waals surface area contributed by atoms with Crippen molar-refractivity contribution in [3.8, 4) is 0 Å². The van der Waals surface area contributed by atoms with Gasteiger partial charge in [-0.2, -0.15) is 0 Å². The summed E-state index contributed by atoms with van der Waals surface area (Å²) in [4.78, 5) is 38.9. The standard InChI is InChI=1S/C19H24ClN3O3/c1-13(2)11-22-16(24)17(25)23(18(22)26)12-21-19(9-3-4-10-19)14-5-7-15(20)8-6-14/h5-8,13,21H,3-4,9-12H2,1-2H3. The predicted molar refractivity (Wildman–Crippen MR) is 98.4 cm³/mol. The predicted octanol–water partition coefficient (Wildman–Crippen LogP) is 3.10. The number of hydrogen-bond donors (Lipinski definition) is 1. The maximum Gasteiger partial charge on any atom is 0.335 e. The summed E-state index contributed by atoms with van der Waals surface area (Å²) in [6.45, 7) is 4.09. The minimum Gasteiger partial charge on any atom is -0.290 e. The van der Waals surface area contributed by atoms with Crippen molar-refractivity contribution in [3.63, 3.8) is 0 Å². The Kier molecular flexibility index (Phi) is 5.34. The minimum absolute atomic E-state index is 0.0284. The first kappa shape index (κ1) is 18.9. The number of carbonyl (C=O) groups is 3. The summed E-state index contributed by atoms with van der Waals surface area (Å²) in [5.41, 5.74) is 0.781. The highest BCUT2D eigenvalue weighted by molar-refractivity contribution is 6.44. The van der Waals surface area contributed by atoms with Gasteiger partial charge in [0.2, 0.25) is 0 Å². The molecule has 4 amide bonds. The number of carbonyl (C=O) groups excluding carboxylic acids is 3. The highest BCUT2D eigenvalue weighted by Crippen LogP contribution is 2.39. The molecule has 7 heteroatoms. The molecule has 6 nitrogen and oxygen atoms in total. The fraction of sp³-hybridized carbons (Fsp3) is 0.526. The molecular weight excluding hydrogens is 354 g/mol. The second-order valence-corrected chi connectivity index (χ2v) is 7.89. The summed E-state index contributed by atoms with van der Waals surface area (Å²) >= 11 is 6.00. The second-order valence-electron chi connectivity index (χ2n) is 7.46. The van der Waals surface area contributed by atoms with Crippen LogP contribution in [-0.4, -0.2) is 40.9 Å². The molecule has 1 aliphatic carbocycles. The van der Waals surface area contributed by atoms with Crippen molar-refractivity contribution in [2.75, 3.05) is 13.2 Å². The quantitative estimate of drug-likeness (QED) is 0.611. The van der Waals surface area contributed by atoms with E-state index in [-0.39, 0.29) is 24.7 Å². The van der Waals surface area contributed by atoms with Crippen molar-refractivity contribution in [2.24, 2.45) is 5.92 Å². The smallest absolute Gasteiger partial charge is 0.290 e. The molecule has 0 aromatic heterocycles. The molecule has 140 valence electrons. The third kappa shape index (κ3) is 3.48. The summed E-state index contributed by atoms with van der Waals surface area (Å²) < 4.78 is 0. The fourth-order valence-corrected chi connectivity index (χ4v) is 3.89. The molecule has 0 bridgehead atoms. The van der Waals surface area contributed by atoms with E-state index < -0.39 is 17.8 Å². The van der Waals surface area contributed by atoms with Gasteiger partial charge in [-0.05, 0) is 36.5 Å². The van der Waals surface area contributed by atoms with Crippen LogP contribution < -0.4 is 5.32 Å². The van der Waals surface area contributed by atoms with E-state index in [0.717, 1.165) is 41.0 Å². The zero-order chi connectivity index (χ0) is 18.9. The normalized spacial score (nSPS) is 19.9. The molecule has 0 spiro atoms. The SMILES string of the molecule is CC(C)CN1C(=O)C(=O)N(CNC2(c3ccc(Cl)cc3)CCCC2)C1=O. The van der Waals surface area contributed by atoms with Gasteiger partial charge in [0.1, 0.15) is 0 Å². The molecule has 0 radical (unpaired) electrons. The molecule has 2 fully saturated rings. The first-order valence-corrected chi connectivity index (χ1v) is 9.40. The van der Waals surface area contributed by atoms with Gasteiger partial charge in [0, 0.05) is 17.1 Å². The third-order valence-electron chi connectivity index (χ3n) is 5.11. The summed E-state index contributed by atoms with van der Waals surface area (Å²) in [5, 5.41) is 4.06. The largest absolute Gasteiger partial charge is 0.335 e. The number of halogens is 1. The molecule has 0 atom stereocenters. The molecular formula is C19H24ClN3O3. The van der Waals surface area contributed by atoms with Crippen molar-refractivity contribution in [2.45, 2.75) is 45.1 Å². The summed E-state index contributed by atoms with van der Waals surface area (Å²) in [5.74, 6) is -1.39. The Labute approximate surface area is 158 Å². The van der Waals surface area contributed by atoms with E-state index in [1.54, 1.807) is 0 Å². The zero-order valence-electron chi connectivity index (χ0n) is 15.1. The van der Waals surface area contributed by atoms with Crippen molar-refractivity contribution in [1.29, 1.82) is 0 Å². The van der Waals surface area contributed by atoms with Crippen LogP contribution in [0, 0.1) is 5.92 Å². The first-order chi connectivity index (χ1) is 12.3. The topological polar surface area (TPSA) is 69.7 Å². The Morgan fingerprint density at radius 2 is 1.62 bits per heavy atom. The second kappa shape index (κ2) is 7.37. The number of rotatable bonds is 6. The van der Waals surface area contributed by atoms with Crippen molar-refractivity contribution in [3.05, 3.63) is 34.9 Å². The van der Waals surface area contributed by atoms with Crippen molar-refractivity contribution in [1.82, 2.24) is 15.1 Å². The van der Waals surface area contributed by atoms with E-state index in [1.807, 2.05) is 38.1 Å². The molecule has 1 saturated heterocycles. The van der Waals surface area contributed by atoms with Gasteiger partial charge in [0.15, 0.2) is 0 Å². The van der Waals surface area contributed by atoms with Gasteiger partial charge in [0.05, 0.1) is 6.67 Å². The number of hydrogen-bond acceptors (Lipinski definition) is 4. The number of benzene rings is 1. The zero-order valence-corrected chi connectivity index (χ0v) is 15.9. The first-order valence-electron chi connectivity index (χ1n) is 9.02. The van der Waals surface area contributed by atoms with Crippen molar-refractivity contribution < 1.29 is 14.4 Å². The summed E-state index contributed by atoms with van der Waals surface area (Å²) in [6.07, 6.45) is 3.95. The van der Waals surface area contributed by atoms with E-state index >= 15 is 0 Å². The van der Waals surface area contributed by atoms with Crippen LogP contribution in [0.15, 0.2) is 24.3 Å². The van der Waals surface area contributed by atoms with Gasteiger partial charge >= 0.3 is 17.8 Å². The van der Waals surface area contributed by atoms with Gasteiger partial charge in [0.25, 0.3) is 0 Å². The third-order valence-corrected chi connectivity index (χ3v) is 5.36. The molecule has 0 unspecified atom stereocenters. The van der Waals surface area contributed by atoms with E-state index in [2.05, 4.69) is 5.32 Å². The minimum atomic E-state index is -0.757. The van der Waals surface area contributed by atoms with Gasteiger partial charge < -0.3 is 0 Å². The van der Waals surface area contributed by atoms with Gasteiger partial charge in [-0.25, -0.2) is 9.69 Å². The fourth-order valence-electron chi connectivity index (χ4n) is 3.76. The van der Waals surface area contributed by atoms with Crippen LogP contribution in [0.1, 0.15) is 45.1 Å². The molecule has 1 aliphatic heterocycles. The molecule has 1 heterocycles. The molecule has 26 heavy (non-hydrogen) atoms.